The van der Waals surface area contributed by atoms with E-state index in [9.17, 15) is 15.0 Å². The van der Waals surface area contributed by atoms with Gasteiger partial charge in [0.15, 0.2) is 0 Å². The van der Waals surface area contributed by atoms with Gasteiger partial charge >= 0.3 is 0 Å². The van der Waals surface area contributed by atoms with Gasteiger partial charge in [0, 0.05) is 12.0 Å². The molecule has 0 heterocycles. The van der Waals surface area contributed by atoms with E-state index in [2.05, 4.69) is 0 Å². The van der Waals surface area contributed by atoms with E-state index < -0.39 is 0 Å². The molecule has 0 saturated carbocycles. The first-order valence-electron chi connectivity index (χ1n) is 4.46. The Labute approximate surface area is 83.0 Å². The van der Waals surface area contributed by atoms with Crippen LogP contribution >= 0.6 is 0 Å². The monoisotopic (exact) mass is 194 g/mol. The maximum atomic E-state index is 11.2. The zero-order valence-corrected chi connectivity index (χ0v) is 8.53. The highest BCUT2D eigenvalue weighted by molar-refractivity contribution is 5.83. The topological polar surface area (TPSA) is 57.5 Å². The van der Waals surface area contributed by atoms with Crippen molar-refractivity contribution in [3.63, 3.8) is 0 Å². The van der Waals surface area contributed by atoms with Crippen molar-refractivity contribution in [3.8, 4) is 11.5 Å². The molecule has 0 unspecified atom stereocenters. The summed E-state index contributed by atoms with van der Waals surface area (Å²) in [5, 5.41) is 18.7. The van der Waals surface area contributed by atoms with E-state index in [1.54, 1.807) is 13.8 Å². The lowest BCUT2D eigenvalue weighted by Gasteiger charge is -2.13. The normalized spacial score (nSPS) is 12.5. The molecule has 76 valence electrons. The third kappa shape index (κ3) is 1.87. The molecule has 0 fully saturated rings. The Bertz CT molecular complexity index is 369. The van der Waals surface area contributed by atoms with E-state index in [4.69, 9.17) is 0 Å². The number of phenols is 2. The molecule has 3 nitrogen and oxygen atoms in total. The van der Waals surface area contributed by atoms with Crippen molar-refractivity contribution >= 4 is 5.78 Å². The van der Waals surface area contributed by atoms with Crippen LogP contribution in [0.25, 0.3) is 0 Å². The van der Waals surface area contributed by atoms with Crippen LogP contribution in [0.15, 0.2) is 12.1 Å². The summed E-state index contributed by atoms with van der Waals surface area (Å²) in [6.07, 6.45) is 0. The molecular weight excluding hydrogens is 180 g/mol. The minimum absolute atomic E-state index is 0.0121. The first-order chi connectivity index (χ1) is 6.43. The van der Waals surface area contributed by atoms with Crippen molar-refractivity contribution in [3.05, 3.63) is 23.3 Å². The highest BCUT2D eigenvalue weighted by Crippen LogP contribution is 2.31. The maximum Gasteiger partial charge on any atom is 0.137 e. The summed E-state index contributed by atoms with van der Waals surface area (Å²) in [6, 6.07) is 2.78. The predicted octanol–water partition coefficient (Wildman–Crippen LogP) is 2.10. The van der Waals surface area contributed by atoms with E-state index in [1.165, 1.54) is 19.1 Å². The van der Waals surface area contributed by atoms with E-state index >= 15 is 0 Å². The van der Waals surface area contributed by atoms with E-state index in [1.807, 2.05) is 0 Å². The lowest BCUT2D eigenvalue weighted by Crippen LogP contribution is -2.06. The molecule has 0 saturated heterocycles. The minimum atomic E-state index is -0.298. The predicted molar refractivity (Wildman–Crippen MR) is 53.6 cm³/mol. The third-order valence-electron chi connectivity index (χ3n) is 2.48. The molecule has 14 heavy (non-hydrogen) atoms. The number of hydrogen-bond acceptors (Lipinski definition) is 3. The lowest BCUT2D eigenvalue weighted by atomic mass is 9.93. The Morgan fingerprint density at radius 2 is 1.93 bits per heavy atom. The molecule has 0 radical (unpaired) electrons. The second-order valence-electron chi connectivity index (χ2n) is 3.51. The van der Waals surface area contributed by atoms with Crippen LogP contribution in [0.4, 0.5) is 0 Å². The quantitative estimate of drug-likeness (QED) is 0.758. The average Bonchev–Trinajstić information content (AvgIpc) is 2.09. The zero-order valence-electron chi connectivity index (χ0n) is 8.53. The summed E-state index contributed by atoms with van der Waals surface area (Å²) < 4.78 is 0. The van der Waals surface area contributed by atoms with Crippen LogP contribution in [-0.4, -0.2) is 16.0 Å². The van der Waals surface area contributed by atoms with Crippen LogP contribution in [-0.2, 0) is 4.79 Å². The van der Waals surface area contributed by atoms with Gasteiger partial charge in [-0.3, -0.25) is 4.79 Å². The van der Waals surface area contributed by atoms with E-state index in [0.717, 1.165) is 0 Å². The number of rotatable bonds is 2. The van der Waals surface area contributed by atoms with Gasteiger partial charge < -0.3 is 10.2 Å². The molecule has 0 spiro atoms. The Hall–Kier alpha value is -1.51. The fourth-order valence-corrected chi connectivity index (χ4v) is 1.37. The molecule has 2 N–H and O–H groups in total. The van der Waals surface area contributed by atoms with Gasteiger partial charge in [-0.2, -0.15) is 0 Å². The molecule has 3 heteroatoms. The molecule has 1 rings (SSSR count). The summed E-state index contributed by atoms with van der Waals surface area (Å²) in [6.45, 7) is 4.97. The van der Waals surface area contributed by atoms with Gasteiger partial charge in [0.05, 0.1) is 0 Å². The highest BCUT2D eigenvalue weighted by Gasteiger charge is 2.16. The molecule has 0 aliphatic heterocycles. The average molecular weight is 194 g/mol. The molecule has 0 aliphatic carbocycles. The molecule has 1 atom stereocenters. The Balaban J connectivity index is 3.26. The number of phenolic OH excluding ortho intramolecular Hbond substituents is 2. The second-order valence-corrected chi connectivity index (χ2v) is 3.51. The van der Waals surface area contributed by atoms with Gasteiger partial charge in [0.2, 0.25) is 0 Å². The van der Waals surface area contributed by atoms with E-state index in [0.29, 0.717) is 11.1 Å². The first-order valence-corrected chi connectivity index (χ1v) is 4.46. The second kappa shape index (κ2) is 3.70. The van der Waals surface area contributed by atoms with Crippen LogP contribution in [0.2, 0.25) is 0 Å². The minimum Gasteiger partial charge on any atom is -0.508 e. The van der Waals surface area contributed by atoms with Crippen molar-refractivity contribution < 1.29 is 15.0 Å². The van der Waals surface area contributed by atoms with Crippen molar-refractivity contribution in [1.82, 2.24) is 0 Å². The maximum absolute atomic E-state index is 11.2. The lowest BCUT2D eigenvalue weighted by molar-refractivity contribution is -0.118. The molecule has 0 aliphatic rings. The standard InChI is InChI=1S/C11H14O3/c1-6(8(3)12)10-4-9(13)5-11(14)7(10)2/h4-6,13-14H,1-3H3/t6-/m1/s1. The fraction of sp³-hybridized carbons (Fsp3) is 0.364. The Kier molecular flexibility index (Phi) is 2.79. The summed E-state index contributed by atoms with van der Waals surface area (Å²) in [5.74, 6) is -0.282. The molecule has 0 amide bonds. The van der Waals surface area contributed by atoms with Crippen LogP contribution < -0.4 is 0 Å². The van der Waals surface area contributed by atoms with E-state index in [-0.39, 0.29) is 23.2 Å². The van der Waals surface area contributed by atoms with Gasteiger partial charge in [0.25, 0.3) is 0 Å². The number of Topliss-reactive ketones (excluding diaryl/α,β-unsaturated/α-hetero) is 1. The van der Waals surface area contributed by atoms with Crippen molar-refractivity contribution in [2.24, 2.45) is 0 Å². The SMILES string of the molecule is CC(=O)[C@@H](C)c1cc(O)cc(O)c1C. The summed E-state index contributed by atoms with van der Waals surface area (Å²) >= 11 is 0. The molecule has 0 bridgehead atoms. The fourth-order valence-electron chi connectivity index (χ4n) is 1.37. The van der Waals surface area contributed by atoms with Gasteiger partial charge in [-0.1, -0.05) is 6.92 Å². The molecule has 0 aromatic heterocycles. The number of carbonyl (C=O) groups is 1. The van der Waals surface area contributed by atoms with Gasteiger partial charge in [-0.25, -0.2) is 0 Å². The molecular formula is C11H14O3. The number of ketones is 1. The van der Waals surface area contributed by atoms with Gasteiger partial charge in [-0.15, -0.1) is 0 Å². The van der Waals surface area contributed by atoms with Gasteiger partial charge in [0.1, 0.15) is 17.3 Å². The number of benzene rings is 1. The van der Waals surface area contributed by atoms with Crippen LogP contribution in [0, 0.1) is 6.92 Å². The first kappa shape index (κ1) is 10.6. The van der Waals surface area contributed by atoms with Gasteiger partial charge in [-0.05, 0) is 31.0 Å². The van der Waals surface area contributed by atoms with Crippen molar-refractivity contribution in [2.45, 2.75) is 26.7 Å². The van der Waals surface area contributed by atoms with Crippen molar-refractivity contribution in [1.29, 1.82) is 0 Å². The van der Waals surface area contributed by atoms with Crippen LogP contribution in [0.3, 0.4) is 0 Å². The highest BCUT2D eigenvalue weighted by atomic mass is 16.3. The summed E-state index contributed by atoms with van der Waals surface area (Å²) in [5.41, 5.74) is 1.32. The number of carbonyl (C=O) groups excluding carboxylic acids is 1. The third-order valence-corrected chi connectivity index (χ3v) is 2.48. The Morgan fingerprint density at radius 3 is 2.43 bits per heavy atom. The number of hydrogen-bond donors (Lipinski definition) is 2. The largest absolute Gasteiger partial charge is 0.508 e. The molecule has 1 aromatic carbocycles. The Morgan fingerprint density at radius 1 is 1.36 bits per heavy atom. The summed E-state index contributed by atoms with van der Waals surface area (Å²) in [4.78, 5) is 11.2. The van der Waals surface area contributed by atoms with Crippen molar-refractivity contribution in [2.75, 3.05) is 0 Å². The van der Waals surface area contributed by atoms with Crippen LogP contribution in [0.5, 0.6) is 11.5 Å². The number of aromatic hydroxyl groups is 2. The summed E-state index contributed by atoms with van der Waals surface area (Å²) in [7, 11) is 0. The smallest absolute Gasteiger partial charge is 0.137 e. The zero-order chi connectivity index (χ0) is 10.9. The van der Waals surface area contributed by atoms with Crippen LogP contribution in [0.1, 0.15) is 30.9 Å². The molecule has 1 aromatic rings.